The van der Waals surface area contributed by atoms with E-state index in [0.29, 0.717) is 11.2 Å². The summed E-state index contributed by atoms with van der Waals surface area (Å²) in [6.45, 7) is 5.50. The van der Waals surface area contributed by atoms with Crippen molar-refractivity contribution in [1.82, 2.24) is 10.5 Å². The first-order chi connectivity index (χ1) is 8.28. The van der Waals surface area contributed by atoms with Gasteiger partial charge in [-0.3, -0.25) is 14.6 Å². The number of hydroxylamine groups is 1. The second-order valence-electron chi connectivity index (χ2n) is 5.01. The molecule has 0 aliphatic heterocycles. The van der Waals surface area contributed by atoms with Crippen molar-refractivity contribution in [3.05, 3.63) is 24.0 Å². The Morgan fingerprint density at radius 1 is 1.56 bits per heavy atom. The Balaban J connectivity index is 2.63. The summed E-state index contributed by atoms with van der Waals surface area (Å²) in [4.78, 5) is 20.4. The van der Waals surface area contributed by atoms with Gasteiger partial charge in [-0.25, -0.2) is 0 Å². The van der Waals surface area contributed by atoms with Gasteiger partial charge in [0, 0.05) is 18.3 Å². The van der Waals surface area contributed by atoms with Gasteiger partial charge in [-0.1, -0.05) is 11.5 Å². The molecule has 1 aromatic heterocycles. The van der Waals surface area contributed by atoms with Crippen molar-refractivity contribution in [1.29, 1.82) is 0 Å². The molecule has 0 amide bonds. The fourth-order valence-corrected chi connectivity index (χ4v) is 1.19. The lowest BCUT2D eigenvalue weighted by atomic mass is 9.98. The maximum absolute atomic E-state index is 11.1. The van der Waals surface area contributed by atoms with E-state index in [2.05, 4.69) is 10.5 Å². The lowest BCUT2D eigenvalue weighted by molar-refractivity contribution is -0.150. The Bertz CT molecular complexity index is 401. The van der Waals surface area contributed by atoms with Crippen LogP contribution in [0, 0.1) is 0 Å². The van der Waals surface area contributed by atoms with Crippen LogP contribution in [-0.2, 0) is 16.1 Å². The van der Waals surface area contributed by atoms with Gasteiger partial charge in [0.05, 0.1) is 5.60 Å². The molecule has 0 fully saturated rings. The van der Waals surface area contributed by atoms with Crippen molar-refractivity contribution in [3.63, 3.8) is 0 Å². The average molecular weight is 248 g/mol. The SMILES string of the molecule is [B]c1ccc(C[C@H](NOC(C)(C)C)C(=O)O)nc1. The van der Waals surface area contributed by atoms with Gasteiger partial charge in [0.1, 0.15) is 13.9 Å². The van der Waals surface area contributed by atoms with Gasteiger partial charge in [0.15, 0.2) is 0 Å². The standard InChI is InChI=1S/C12H17BN2O3/c1-12(2,3)18-15-10(11(16)17)6-9-5-4-8(13)7-14-9/h4-5,7,10,15H,6H2,1-3H3,(H,16,17)/t10-/m0/s1. The van der Waals surface area contributed by atoms with Crippen LogP contribution < -0.4 is 10.9 Å². The molecule has 0 saturated heterocycles. The number of carboxylic acids is 1. The molecule has 5 nitrogen and oxygen atoms in total. The first-order valence-corrected chi connectivity index (χ1v) is 5.64. The van der Waals surface area contributed by atoms with Gasteiger partial charge in [-0.05, 0) is 26.8 Å². The minimum absolute atomic E-state index is 0.228. The molecule has 1 aromatic rings. The van der Waals surface area contributed by atoms with Crippen molar-refractivity contribution in [3.8, 4) is 0 Å². The number of carboxylic acid groups (broad SMARTS) is 1. The predicted molar refractivity (Wildman–Crippen MR) is 68.7 cm³/mol. The van der Waals surface area contributed by atoms with E-state index in [4.69, 9.17) is 17.8 Å². The third-order valence-corrected chi connectivity index (χ3v) is 2.07. The highest BCUT2D eigenvalue weighted by Crippen LogP contribution is 2.06. The van der Waals surface area contributed by atoms with E-state index < -0.39 is 17.6 Å². The number of carbonyl (C=O) groups is 1. The molecule has 0 aromatic carbocycles. The van der Waals surface area contributed by atoms with E-state index in [1.54, 1.807) is 12.1 Å². The Morgan fingerprint density at radius 2 is 2.22 bits per heavy atom. The van der Waals surface area contributed by atoms with Gasteiger partial charge < -0.3 is 5.11 Å². The van der Waals surface area contributed by atoms with Crippen LogP contribution in [0.2, 0.25) is 0 Å². The molecule has 0 spiro atoms. The predicted octanol–water partition coefficient (Wildman–Crippen LogP) is 0.191. The molecular weight excluding hydrogens is 231 g/mol. The van der Waals surface area contributed by atoms with Crippen molar-refractivity contribution in [2.75, 3.05) is 0 Å². The van der Waals surface area contributed by atoms with E-state index in [1.807, 2.05) is 20.8 Å². The molecule has 0 aliphatic rings. The number of aromatic nitrogens is 1. The summed E-state index contributed by atoms with van der Waals surface area (Å²) in [6.07, 6.45) is 1.73. The summed E-state index contributed by atoms with van der Waals surface area (Å²) in [5.41, 5.74) is 3.28. The van der Waals surface area contributed by atoms with E-state index in [-0.39, 0.29) is 6.42 Å². The number of rotatable bonds is 5. The molecule has 0 saturated carbocycles. The largest absolute Gasteiger partial charge is 0.480 e. The van der Waals surface area contributed by atoms with E-state index in [1.165, 1.54) is 6.20 Å². The third kappa shape index (κ3) is 5.29. The zero-order chi connectivity index (χ0) is 13.8. The Labute approximate surface area is 108 Å². The lowest BCUT2D eigenvalue weighted by Gasteiger charge is -2.22. The van der Waals surface area contributed by atoms with Gasteiger partial charge in [-0.2, -0.15) is 5.48 Å². The minimum atomic E-state index is -0.988. The lowest BCUT2D eigenvalue weighted by Crippen LogP contribution is -2.43. The monoisotopic (exact) mass is 248 g/mol. The summed E-state index contributed by atoms with van der Waals surface area (Å²) in [5.74, 6) is -0.988. The molecule has 96 valence electrons. The normalized spacial score (nSPS) is 13.3. The Hall–Kier alpha value is -1.40. The molecular formula is C12H17BN2O3. The fraction of sp³-hybridized carbons (Fsp3) is 0.500. The van der Waals surface area contributed by atoms with Crippen LogP contribution in [0.1, 0.15) is 26.5 Å². The Kier molecular flexibility index (Phi) is 4.87. The molecule has 0 aliphatic carbocycles. The van der Waals surface area contributed by atoms with Crippen molar-refractivity contribution >= 4 is 19.3 Å². The van der Waals surface area contributed by atoms with Crippen LogP contribution in [0.15, 0.2) is 18.3 Å². The number of nitrogens with one attached hydrogen (secondary N) is 1. The molecule has 0 bridgehead atoms. The summed E-state index contributed by atoms with van der Waals surface area (Å²) in [5, 5.41) is 9.09. The molecule has 0 unspecified atom stereocenters. The molecule has 2 radical (unpaired) electrons. The van der Waals surface area contributed by atoms with E-state index >= 15 is 0 Å². The number of aliphatic carboxylic acids is 1. The zero-order valence-corrected chi connectivity index (χ0v) is 10.8. The molecule has 1 heterocycles. The smallest absolute Gasteiger partial charge is 0.323 e. The van der Waals surface area contributed by atoms with Crippen LogP contribution in [0.25, 0.3) is 0 Å². The van der Waals surface area contributed by atoms with Gasteiger partial charge >= 0.3 is 5.97 Å². The molecule has 2 N–H and O–H groups in total. The van der Waals surface area contributed by atoms with Gasteiger partial charge in [0.2, 0.25) is 0 Å². The van der Waals surface area contributed by atoms with Gasteiger partial charge in [-0.15, -0.1) is 0 Å². The Morgan fingerprint density at radius 3 is 2.67 bits per heavy atom. The quantitative estimate of drug-likeness (QED) is 0.575. The summed E-state index contributed by atoms with van der Waals surface area (Å²) in [6, 6.07) is 2.54. The van der Waals surface area contributed by atoms with Crippen LogP contribution in [0.5, 0.6) is 0 Å². The topological polar surface area (TPSA) is 71.5 Å². The second kappa shape index (κ2) is 5.97. The average Bonchev–Trinajstić information content (AvgIpc) is 2.25. The van der Waals surface area contributed by atoms with Crippen molar-refractivity contribution < 1.29 is 14.7 Å². The molecule has 1 rings (SSSR count). The summed E-state index contributed by atoms with van der Waals surface area (Å²) < 4.78 is 0. The maximum Gasteiger partial charge on any atom is 0.323 e. The van der Waals surface area contributed by atoms with Crippen LogP contribution in [-0.4, -0.2) is 35.5 Å². The second-order valence-corrected chi connectivity index (χ2v) is 5.01. The fourth-order valence-electron chi connectivity index (χ4n) is 1.19. The third-order valence-electron chi connectivity index (χ3n) is 2.07. The highest BCUT2D eigenvalue weighted by atomic mass is 16.7. The molecule has 6 heteroatoms. The highest BCUT2D eigenvalue weighted by molar-refractivity contribution is 6.32. The first kappa shape index (κ1) is 14.7. The number of pyridine rings is 1. The number of hydrogen-bond acceptors (Lipinski definition) is 4. The highest BCUT2D eigenvalue weighted by Gasteiger charge is 2.21. The molecule has 18 heavy (non-hydrogen) atoms. The van der Waals surface area contributed by atoms with Crippen molar-refractivity contribution in [2.45, 2.75) is 38.8 Å². The molecule has 1 atom stereocenters. The van der Waals surface area contributed by atoms with Crippen molar-refractivity contribution in [2.24, 2.45) is 0 Å². The maximum atomic E-state index is 11.1. The number of hydrogen-bond donors (Lipinski definition) is 2. The summed E-state index contributed by atoms with van der Waals surface area (Å²) >= 11 is 0. The van der Waals surface area contributed by atoms with Crippen LogP contribution in [0.4, 0.5) is 0 Å². The van der Waals surface area contributed by atoms with E-state index in [0.717, 1.165) is 0 Å². The van der Waals surface area contributed by atoms with Crippen LogP contribution in [0.3, 0.4) is 0 Å². The van der Waals surface area contributed by atoms with Crippen LogP contribution >= 0.6 is 0 Å². The zero-order valence-electron chi connectivity index (χ0n) is 10.8. The number of nitrogens with zero attached hydrogens (tertiary/aromatic N) is 1. The minimum Gasteiger partial charge on any atom is -0.480 e. The summed E-state index contributed by atoms with van der Waals surface area (Å²) in [7, 11) is 5.51. The van der Waals surface area contributed by atoms with E-state index in [9.17, 15) is 4.79 Å². The van der Waals surface area contributed by atoms with Gasteiger partial charge in [0.25, 0.3) is 0 Å². The first-order valence-electron chi connectivity index (χ1n) is 5.64.